The Morgan fingerprint density at radius 1 is 1.40 bits per heavy atom. The average molecular weight is 274 g/mol. The summed E-state index contributed by atoms with van der Waals surface area (Å²) >= 11 is 0. The molecule has 0 aliphatic carbocycles. The van der Waals surface area contributed by atoms with Crippen molar-refractivity contribution in [2.24, 2.45) is 5.41 Å². The molecular formula is C14H18N4O2. The number of carbonyl (C=O) groups is 1. The lowest BCUT2D eigenvalue weighted by atomic mass is 9.76. The summed E-state index contributed by atoms with van der Waals surface area (Å²) in [5.74, 6) is 0.218. The molecule has 0 amide bonds. The Labute approximate surface area is 117 Å². The Bertz CT molecular complexity index is 629. The monoisotopic (exact) mass is 274 g/mol. The molecule has 20 heavy (non-hydrogen) atoms. The standard InChI is InChI=1S/C14H18N4O2/c1-2-14(13(19)20)4-8-17(9-5-14)12-11-3-6-16-18(11)10-7-15-12/h3,6-7,10H,2,4-5,8-9H2,1H3,(H,19,20). The third-order valence-corrected chi connectivity index (χ3v) is 4.45. The predicted octanol–water partition coefficient (Wildman–Crippen LogP) is 1.81. The van der Waals surface area contributed by atoms with E-state index in [9.17, 15) is 9.90 Å². The van der Waals surface area contributed by atoms with Gasteiger partial charge in [0.05, 0.1) is 11.6 Å². The molecule has 2 aromatic heterocycles. The third-order valence-electron chi connectivity index (χ3n) is 4.45. The average Bonchev–Trinajstić information content (AvgIpc) is 2.95. The van der Waals surface area contributed by atoms with Crippen LogP contribution in [-0.4, -0.2) is 38.8 Å². The molecule has 1 N–H and O–H groups in total. The number of carboxylic acids is 1. The van der Waals surface area contributed by atoms with Crippen LogP contribution in [0.5, 0.6) is 0 Å². The van der Waals surface area contributed by atoms with Crippen LogP contribution in [0.25, 0.3) is 5.52 Å². The zero-order valence-corrected chi connectivity index (χ0v) is 11.5. The van der Waals surface area contributed by atoms with E-state index >= 15 is 0 Å². The van der Waals surface area contributed by atoms with Crippen LogP contribution in [0.1, 0.15) is 26.2 Å². The molecule has 0 aromatic carbocycles. The summed E-state index contributed by atoms with van der Waals surface area (Å²) in [4.78, 5) is 18.1. The molecule has 6 heteroatoms. The van der Waals surface area contributed by atoms with Gasteiger partial charge < -0.3 is 10.0 Å². The summed E-state index contributed by atoms with van der Waals surface area (Å²) in [6.07, 6.45) is 7.30. The minimum Gasteiger partial charge on any atom is -0.481 e. The summed E-state index contributed by atoms with van der Waals surface area (Å²) in [5, 5.41) is 13.6. The quantitative estimate of drug-likeness (QED) is 0.924. The van der Waals surface area contributed by atoms with Crippen LogP contribution in [0.3, 0.4) is 0 Å². The van der Waals surface area contributed by atoms with E-state index in [1.54, 1.807) is 16.9 Å². The molecular weight excluding hydrogens is 256 g/mol. The van der Waals surface area contributed by atoms with Crippen LogP contribution in [0, 0.1) is 5.41 Å². The molecule has 6 nitrogen and oxygen atoms in total. The second kappa shape index (κ2) is 4.77. The molecule has 2 aromatic rings. The zero-order valence-electron chi connectivity index (χ0n) is 11.5. The molecule has 3 rings (SSSR count). The highest BCUT2D eigenvalue weighted by molar-refractivity contribution is 5.75. The molecule has 0 bridgehead atoms. The Balaban J connectivity index is 1.85. The van der Waals surface area contributed by atoms with Crippen molar-refractivity contribution in [3.8, 4) is 0 Å². The van der Waals surface area contributed by atoms with Gasteiger partial charge in [-0.25, -0.2) is 9.50 Å². The molecule has 1 aliphatic rings. The summed E-state index contributed by atoms with van der Waals surface area (Å²) < 4.78 is 1.79. The number of rotatable bonds is 3. The second-order valence-electron chi connectivity index (χ2n) is 5.34. The van der Waals surface area contributed by atoms with Gasteiger partial charge in [-0.05, 0) is 25.3 Å². The number of fused-ring (bicyclic) bond motifs is 1. The van der Waals surface area contributed by atoms with E-state index in [-0.39, 0.29) is 0 Å². The van der Waals surface area contributed by atoms with Crippen molar-refractivity contribution in [2.75, 3.05) is 18.0 Å². The smallest absolute Gasteiger partial charge is 0.309 e. The van der Waals surface area contributed by atoms with E-state index < -0.39 is 11.4 Å². The molecule has 0 atom stereocenters. The molecule has 1 fully saturated rings. The van der Waals surface area contributed by atoms with Crippen LogP contribution in [0.15, 0.2) is 24.7 Å². The molecule has 3 heterocycles. The first-order valence-corrected chi connectivity index (χ1v) is 6.93. The maximum atomic E-state index is 11.5. The molecule has 106 valence electrons. The van der Waals surface area contributed by atoms with Gasteiger partial charge in [-0.1, -0.05) is 6.92 Å². The number of nitrogens with zero attached hydrogens (tertiary/aromatic N) is 4. The van der Waals surface area contributed by atoms with E-state index in [1.165, 1.54) is 0 Å². The fraction of sp³-hybridized carbons (Fsp3) is 0.500. The lowest BCUT2D eigenvalue weighted by molar-refractivity contribution is -0.150. The summed E-state index contributed by atoms with van der Waals surface area (Å²) in [6, 6.07) is 1.93. The third kappa shape index (κ3) is 1.92. The number of aliphatic carboxylic acids is 1. The van der Waals surface area contributed by atoms with Gasteiger partial charge >= 0.3 is 5.97 Å². The number of aromatic nitrogens is 3. The van der Waals surface area contributed by atoms with Crippen LogP contribution in [0.4, 0.5) is 5.82 Å². The Hall–Kier alpha value is -2.11. The van der Waals surface area contributed by atoms with Gasteiger partial charge in [0.25, 0.3) is 0 Å². The van der Waals surface area contributed by atoms with Crippen molar-refractivity contribution in [2.45, 2.75) is 26.2 Å². The van der Waals surface area contributed by atoms with Gasteiger partial charge in [0.2, 0.25) is 0 Å². The first kappa shape index (κ1) is 12.9. The maximum absolute atomic E-state index is 11.5. The Morgan fingerprint density at radius 2 is 2.15 bits per heavy atom. The van der Waals surface area contributed by atoms with Gasteiger partial charge in [-0.3, -0.25) is 4.79 Å². The van der Waals surface area contributed by atoms with E-state index in [0.717, 1.165) is 24.4 Å². The minimum absolute atomic E-state index is 0.568. The van der Waals surface area contributed by atoms with Crippen LogP contribution >= 0.6 is 0 Å². The highest BCUT2D eigenvalue weighted by atomic mass is 16.4. The fourth-order valence-electron chi connectivity index (χ4n) is 2.95. The number of anilines is 1. The van der Waals surface area contributed by atoms with Crippen molar-refractivity contribution in [3.63, 3.8) is 0 Å². The van der Waals surface area contributed by atoms with Gasteiger partial charge in [0.1, 0.15) is 5.52 Å². The highest BCUT2D eigenvalue weighted by Crippen LogP contribution is 2.36. The fourth-order valence-corrected chi connectivity index (χ4v) is 2.95. The Morgan fingerprint density at radius 3 is 2.80 bits per heavy atom. The van der Waals surface area contributed by atoms with Crippen LogP contribution < -0.4 is 4.90 Å². The molecule has 1 aliphatic heterocycles. The molecule has 0 unspecified atom stereocenters. The second-order valence-corrected chi connectivity index (χ2v) is 5.34. The largest absolute Gasteiger partial charge is 0.481 e. The normalized spacial score (nSPS) is 18.4. The SMILES string of the molecule is CCC1(C(=O)O)CCN(c2nccn3nccc23)CC1. The number of hydrogen-bond donors (Lipinski definition) is 1. The number of hydrogen-bond acceptors (Lipinski definition) is 4. The van der Waals surface area contributed by atoms with Gasteiger partial charge in [0.15, 0.2) is 5.82 Å². The molecule has 0 radical (unpaired) electrons. The van der Waals surface area contributed by atoms with Crippen LogP contribution in [0.2, 0.25) is 0 Å². The van der Waals surface area contributed by atoms with Crippen molar-refractivity contribution in [3.05, 3.63) is 24.7 Å². The van der Waals surface area contributed by atoms with Gasteiger partial charge in [-0.15, -0.1) is 0 Å². The summed E-state index contributed by atoms with van der Waals surface area (Å²) in [7, 11) is 0. The van der Waals surface area contributed by atoms with E-state index in [4.69, 9.17) is 0 Å². The van der Waals surface area contributed by atoms with Crippen molar-refractivity contribution in [1.82, 2.24) is 14.6 Å². The summed E-state index contributed by atoms with van der Waals surface area (Å²) in [6.45, 7) is 3.40. The number of carboxylic acid groups (broad SMARTS) is 1. The zero-order chi connectivity index (χ0) is 14.2. The maximum Gasteiger partial charge on any atom is 0.309 e. The van der Waals surface area contributed by atoms with E-state index in [2.05, 4.69) is 15.0 Å². The topological polar surface area (TPSA) is 70.7 Å². The van der Waals surface area contributed by atoms with Gasteiger partial charge in [0, 0.05) is 25.5 Å². The summed E-state index contributed by atoms with van der Waals surface area (Å²) in [5.41, 5.74) is 0.397. The lowest BCUT2D eigenvalue weighted by Gasteiger charge is -2.38. The predicted molar refractivity (Wildman–Crippen MR) is 74.8 cm³/mol. The molecule has 1 saturated heterocycles. The highest BCUT2D eigenvalue weighted by Gasteiger charge is 2.40. The minimum atomic E-state index is -0.671. The van der Waals surface area contributed by atoms with Crippen molar-refractivity contribution >= 4 is 17.3 Å². The number of piperidine rings is 1. The van der Waals surface area contributed by atoms with E-state index in [0.29, 0.717) is 19.3 Å². The van der Waals surface area contributed by atoms with Crippen LogP contribution in [-0.2, 0) is 4.79 Å². The van der Waals surface area contributed by atoms with Gasteiger partial charge in [-0.2, -0.15) is 5.10 Å². The molecule has 0 saturated carbocycles. The Kier molecular flexibility index (Phi) is 3.08. The first-order chi connectivity index (χ1) is 9.66. The molecule has 0 spiro atoms. The first-order valence-electron chi connectivity index (χ1n) is 6.93. The lowest BCUT2D eigenvalue weighted by Crippen LogP contribution is -2.44. The van der Waals surface area contributed by atoms with E-state index in [1.807, 2.05) is 19.2 Å². The van der Waals surface area contributed by atoms with Crippen molar-refractivity contribution in [1.29, 1.82) is 0 Å². The van der Waals surface area contributed by atoms with Crippen molar-refractivity contribution < 1.29 is 9.90 Å².